The monoisotopic (exact) mass is 386 g/mol. The Morgan fingerprint density at radius 2 is 1.96 bits per heavy atom. The molecule has 4 rings (SSSR count). The van der Waals surface area contributed by atoms with E-state index in [1.165, 1.54) is 0 Å². The second-order valence-corrected chi connectivity index (χ2v) is 6.86. The molecule has 1 aromatic carbocycles. The lowest BCUT2D eigenvalue weighted by atomic mass is 10.1. The number of fused-ring (bicyclic) bond motifs is 1. The van der Waals surface area contributed by atoms with Gasteiger partial charge in [-0.05, 0) is 29.3 Å². The minimum atomic E-state index is -0.136. The van der Waals surface area contributed by atoms with E-state index in [1.807, 2.05) is 23.1 Å². The Kier molecular flexibility index (Phi) is 4.91. The van der Waals surface area contributed by atoms with Crippen LogP contribution in [-0.4, -0.2) is 61.9 Å². The fourth-order valence-electron chi connectivity index (χ4n) is 3.22. The van der Waals surface area contributed by atoms with Gasteiger partial charge in [-0.2, -0.15) is 4.52 Å². The van der Waals surface area contributed by atoms with Crippen LogP contribution in [0.4, 0.5) is 5.82 Å². The molecule has 1 N–H and O–H groups in total. The van der Waals surface area contributed by atoms with Crippen LogP contribution in [0, 0.1) is 0 Å². The lowest BCUT2D eigenvalue weighted by molar-refractivity contribution is -0.130. The summed E-state index contributed by atoms with van der Waals surface area (Å²) in [5.41, 5.74) is 2.20. The van der Waals surface area contributed by atoms with Gasteiger partial charge in [0.05, 0.1) is 13.0 Å². The van der Waals surface area contributed by atoms with Crippen molar-refractivity contribution in [2.45, 2.75) is 13.0 Å². The molecule has 3 heterocycles. The summed E-state index contributed by atoms with van der Waals surface area (Å²) in [6.07, 6.45) is 1.88. The van der Waals surface area contributed by atoms with Crippen LogP contribution < -0.4 is 4.90 Å². The number of carbonyl (C=O) groups is 1. The number of aliphatic hydroxyl groups excluding tert-OH is 1. The third kappa shape index (κ3) is 3.72. The summed E-state index contributed by atoms with van der Waals surface area (Å²) < 4.78 is 1.64. The highest BCUT2D eigenvalue weighted by molar-refractivity contribution is 6.31. The highest BCUT2D eigenvalue weighted by Gasteiger charge is 2.22. The van der Waals surface area contributed by atoms with Gasteiger partial charge in [-0.25, -0.2) is 0 Å². The average Bonchev–Trinajstić information content (AvgIpc) is 3.17. The van der Waals surface area contributed by atoms with Crippen molar-refractivity contribution in [3.8, 4) is 0 Å². The first kappa shape index (κ1) is 17.7. The second-order valence-electron chi connectivity index (χ2n) is 6.45. The van der Waals surface area contributed by atoms with Crippen LogP contribution in [0.2, 0.25) is 5.02 Å². The summed E-state index contributed by atoms with van der Waals surface area (Å²) in [4.78, 5) is 16.6. The average molecular weight is 387 g/mol. The predicted molar refractivity (Wildman–Crippen MR) is 101 cm³/mol. The molecule has 27 heavy (non-hydrogen) atoms. The molecule has 0 spiro atoms. The van der Waals surface area contributed by atoms with Gasteiger partial charge in [-0.3, -0.25) is 4.79 Å². The van der Waals surface area contributed by atoms with E-state index in [1.54, 1.807) is 23.0 Å². The van der Waals surface area contributed by atoms with Gasteiger partial charge in [0, 0.05) is 31.2 Å². The Morgan fingerprint density at radius 1 is 1.15 bits per heavy atom. The van der Waals surface area contributed by atoms with Crippen LogP contribution in [-0.2, 0) is 17.8 Å². The summed E-state index contributed by atoms with van der Waals surface area (Å²) >= 11 is 6.01. The lowest BCUT2D eigenvalue weighted by Crippen LogP contribution is -2.49. The Balaban J connectivity index is 1.37. The number of anilines is 1. The SMILES string of the molecule is O=C(Cc1ccc(Cl)c(CO)c1)N1CCN(c2ccc3nncn3n2)CC1. The molecule has 1 aliphatic heterocycles. The van der Waals surface area contributed by atoms with Gasteiger partial charge in [-0.1, -0.05) is 23.7 Å². The number of aliphatic hydroxyl groups is 1. The molecule has 0 saturated carbocycles. The van der Waals surface area contributed by atoms with E-state index in [0.717, 1.165) is 24.5 Å². The fraction of sp³-hybridized carbons (Fsp3) is 0.333. The van der Waals surface area contributed by atoms with Gasteiger partial charge in [0.1, 0.15) is 12.1 Å². The van der Waals surface area contributed by atoms with E-state index in [2.05, 4.69) is 20.2 Å². The molecule has 0 atom stereocenters. The smallest absolute Gasteiger partial charge is 0.227 e. The van der Waals surface area contributed by atoms with Crippen molar-refractivity contribution < 1.29 is 9.90 Å². The molecule has 1 saturated heterocycles. The summed E-state index contributed by atoms with van der Waals surface area (Å²) in [5.74, 6) is 0.919. The number of halogens is 1. The molecule has 0 radical (unpaired) electrons. The van der Waals surface area contributed by atoms with Crippen molar-refractivity contribution in [2.24, 2.45) is 0 Å². The number of benzene rings is 1. The maximum Gasteiger partial charge on any atom is 0.227 e. The number of nitrogens with zero attached hydrogens (tertiary/aromatic N) is 6. The Hall–Kier alpha value is -2.71. The first-order valence-electron chi connectivity index (χ1n) is 8.72. The van der Waals surface area contributed by atoms with E-state index < -0.39 is 0 Å². The van der Waals surface area contributed by atoms with Crippen LogP contribution in [0.25, 0.3) is 5.65 Å². The molecule has 9 heteroatoms. The molecule has 140 valence electrons. The number of piperazine rings is 1. The van der Waals surface area contributed by atoms with Crippen molar-refractivity contribution in [1.29, 1.82) is 0 Å². The Morgan fingerprint density at radius 3 is 2.74 bits per heavy atom. The van der Waals surface area contributed by atoms with Crippen molar-refractivity contribution in [3.63, 3.8) is 0 Å². The maximum atomic E-state index is 12.6. The molecule has 1 amide bonds. The van der Waals surface area contributed by atoms with Gasteiger partial charge in [0.2, 0.25) is 5.91 Å². The third-order valence-corrected chi connectivity index (χ3v) is 5.11. The summed E-state index contributed by atoms with van der Waals surface area (Å²) in [6.45, 7) is 2.58. The summed E-state index contributed by atoms with van der Waals surface area (Å²) in [5, 5.41) is 22.1. The minimum absolute atomic E-state index is 0.0723. The van der Waals surface area contributed by atoms with Crippen LogP contribution in [0.1, 0.15) is 11.1 Å². The number of hydrogen-bond donors (Lipinski definition) is 1. The highest BCUT2D eigenvalue weighted by atomic mass is 35.5. The third-order valence-electron chi connectivity index (χ3n) is 4.74. The quantitative estimate of drug-likeness (QED) is 0.724. The molecule has 2 aromatic heterocycles. The standard InChI is InChI=1S/C18H19ClN6O2/c19-15-2-1-13(9-14(15)11-26)10-18(27)24-7-5-23(6-8-24)17-4-3-16-21-20-12-25(16)22-17/h1-4,9,12,26H,5-8,10-11H2. The first-order valence-corrected chi connectivity index (χ1v) is 9.10. The van der Waals surface area contributed by atoms with Crippen molar-refractivity contribution in [3.05, 3.63) is 52.8 Å². The molecular weight excluding hydrogens is 368 g/mol. The van der Waals surface area contributed by atoms with Gasteiger partial charge < -0.3 is 14.9 Å². The molecule has 0 bridgehead atoms. The Labute approximate surface area is 161 Å². The zero-order valence-electron chi connectivity index (χ0n) is 14.6. The van der Waals surface area contributed by atoms with E-state index in [4.69, 9.17) is 11.6 Å². The number of carbonyl (C=O) groups excluding carboxylic acids is 1. The molecule has 8 nitrogen and oxygen atoms in total. The molecule has 0 unspecified atom stereocenters. The maximum absolute atomic E-state index is 12.6. The topological polar surface area (TPSA) is 86.9 Å². The van der Waals surface area contributed by atoms with Gasteiger partial charge in [0.25, 0.3) is 0 Å². The predicted octanol–water partition coefficient (Wildman–Crippen LogP) is 1.16. The fourth-order valence-corrected chi connectivity index (χ4v) is 3.39. The van der Waals surface area contributed by atoms with Gasteiger partial charge in [0.15, 0.2) is 5.65 Å². The summed E-state index contributed by atoms with van der Waals surface area (Å²) in [7, 11) is 0. The zero-order valence-corrected chi connectivity index (χ0v) is 15.4. The van der Waals surface area contributed by atoms with Crippen molar-refractivity contribution >= 4 is 29.0 Å². The molecule has 0 aliphatic carbocycles. The molecular formula is C18H19ClN6O2. The van der Waals surface area contributed by atoms with Crippen LogP contribution in [0.15, 0.2) is 36.7 Å². The minimum Gasteiger partial charge on any atom is -0.392 e. The van der Waals surface area contributed by atoms with E-state index in [9.17, 15) is 9.90 Å². The van der Waals surface area contributed by atoms with E-state index >= 15 is 0 Å². The van der Waals surface area contributed by atoms with Crippen molar-refractivity contribution in [1.82, 2.24) is 24.7 Å². The number of hydrogen-bond acceptors (Lipinski definition) is 6. The zero-order chi connectivity index (χ0) is 18.8. The Bertz CT molecular complexity index is 967. The first-order chi connectivity index (χ1) is 13.1. The van der Waals surface area contributed by atoms with Gasteiger partial charge in [-0.15, -0.1) is 15.3 Å². The van der Waals surface area contributed by atoms with E-state index in [-0.39, 0.29) is 12.5 Å². The number of rotatable bonds is 4. The van der Waals surface area contributed by atoms with E-state index in [0.29, 0.717) is 35.7 Å². The molecule has 3 aromatic rings. The normalized spacial score (nSPS) is 14.7. The van der Waals surface area contributed by atoms with Gasteiger partial charge >= 0.3 is 0 Å². The molecule has 1 fully saturated rings. The lowest BCUT2D eigenvalue weighted by Gasteiger charge is -2.35. The second kappa shape index (κ2) is 7.50. The summed E-state index contributed by atoms with van der Waals surface area (Å²) in [6, 6.07) is 9.14. The number of aromatic nitrogens is 4. The van der Waals surface area contributed by atoms with Crippen LogP contribution >= 0.6 is 11.6 Å². The largest absolute Gasteiger partial charge is 0.392 e. The van der Waals surface area contributed by atoms with Crippen molar-refractivity contribution in [2.75, 3.05) is 31.1 Å². The number of amides is 1. The van der Waals surface area contributed by atoms with Crippen LogP contribution in [0.5, 0.6) is 0 Å². The highest BCUT2D eigenvalue weighted by Crippen LogP contribution is 2.19. The molecule has 1 aliphatic rings. The van der Waals surface area contributed by atoms with Crippen LogP contribution in [0.3, 0.4) is 0 Å².